The first-order valence-corrected chi connectivity index (χ1v) is 6.58. The molecule has 1 aliphatic rings. The third kappa shape index (κ3) is 2.96. The summed E-state index contributed by atoms with van der Waals surface area (Å²) in [5, 5.41) is 9.99. The predicted octanol–water partition coefficient (Wildman–Crippen LogP) is 3.24. The molecule has 1 saturated carbocycles. The van der Waals surface area contributed by atoms with Crippen LogP contribution in [0.15, 0.2) is 18.2 Å². The maximum absolute atomic E-state index is 9.99. The van der Waals surface area contributed by atoms with Crippen LogP contribution in [0.25, 0.3) is 0 Å². The van der Waals surface area contributed by atoms with Gasteiger partial charge in [0, 0.05) is 0 Å². The van der Waals surface area contributed by atoms with Crippen LogP contribution in [-0.2, 0) is 5.60 Å². The van der Waals surface area contributed by atoms with Gasteiger partial charge in [-0.1, -0.05) is 6.07 Å². The van der Waals surface area contributed by atoms with Crippen LogP contribution in [0.5, 0.6) is 11.5 Å². The standard InChI is InChI=1S/C15H22O3/c1-15(2,16)11-8-9-13(14(10-11)17-3)18-12-6-4-5-7-12/h8-10,12,16H,4-7H2,1-3H3. The molecule has 0 unspecified atom stereocenters. The molecule has 1 aromatic carbocycles. The Morgan fingerprint density at radius 1 is 1.17 bits per heavy atom. The Bertz CT molecular complexity index is 401. The third-order valence-corrected chi connectivity index (χ3v) is 3.47. The highest BCUT2D eigenvalue weighted by Crippen LogP contribution is 2.34. The van der Waals surface area contributed by atoms with Crippen LogP contribution in [0, 0.1) is 0 Å². The summed E-state index contributed by atoms with van der Waals surface area (Å²) in [5.74, 6) is 1.47. The number of methoxy groups -OCH3 is 1. The van der Waals surface area contributed by atoms with Crippen LogP contribution in [0.4, 0.5) is 0 Å². The Morgan fingerprint density at radius 3 is 2.39 bits per heavy atom. The predicted molar refractivity (Wildman–Crippen MR) is 71.1 cm³/mol. The molecule has 3 nitrogen and oxygen atoms in total. The van der Waals surface area contributed by atoms with Gasteiger partial charge in [0.05, 0.1) is 18.8 Å². The van der Waals surface area contributed by atoms with Gasteiger partial charge in [-0.25, -0.2) is 0 Å². The first-order valence-electron chi connectivity index (χ1n) is 6.58. The minimum Gasteiger partial charge on any atom is -0.493 e. The lowest BCUT2D eigenvalue weighted by molar-refractivity contribution is 0.0781. The summed E-state index contributed by atoms with van der Waals surface area (Å²) in [5.41, 5.74) is -0.0303. The molecule has 0 atom stereocenters. The summed E-state index contributed by atoms with van der Waals surface area (Å²) in [6.07, 6.45) is 5.04. The maximum Gasteiger partial charge on any atom is 0.161 e. The number of hydrogen-bond donors (Lipinski definition) is 1. The highest BCUT2D eigenvalue weighted by molar-refractivity contribution is 5.44. The van der Waals surface area contributed by atoms with Crippen molar-refractivity contribution in [1.29, 1.82) is 0 Å². The summed E-state index contributed by atoms with van der Waals surface area (Å²) >= 11 is 0. The van der Waals surface area contributed by atoms with Gasteiger partial charge in [0.15, 0.2) is 11.5 Å². The van der Waals surface area contributed by atoms with Gasteiger partial charge >= 0.3 is 0 Å². The van der Waals surface area contributed by atoms with E-state index in [0.29, 0.717) is 11.9 Å². The van der Waals surface area contributed by atoms with Crippen molar-refractivity contribution in [2.45, 2.75) is 51.2 Å². The number of hydrogen-bond acceptors (Lipinski definition) is 3. The van der Waals surface area contributed by atoms with Gasteiger partial charge in [0.2, 0.25) is 0 Å². The highest BCUT2D eigenvalue weighted by Gasteiger charge is 2.21. The Morgan fingerprint density at radius 2 is 1.83 bits per heavy atom. The van der Waals surface area contributed by atoms with Gasteiger partial charge in [-0.05, 0) is 57.2 Å². The molecule has 0 saturated heterocycles. The average Bonchev–Trinajstić information content (AvgIpc) is 2.81. The Labute approximate surface area is 109 Å². The molecule has 0 aromatic heterocycles. The van der Waals surface area contributed by atoms with Crippen LogP contribution >= 0.6 is 0 Å². The van der Waals surface area contributed by atoms with Gasteiger partial charge in [0.25, 0.3) is 0 Å². The fourth-order valence-electron chi connectivity index (χ4n) is 2.33. The van der Waals surface area contributed by atoms with Gasteiger partial charge in [-0.3, -0.25) is 0 Å². The van der Waals surface area contributed by atoms with Crippen molar-refractivity contribution in [3.8, 4) is 11.5 Å². The minimum absolute atomic E-state index is 0.312. The molecule has 1 N–H and O–H groups in total. The van der Waals surface area contributed by atoms with E-state index < -0.39 is 5.60 Å². The van der Waals surface area contributed by atoms with E-state index in [1.165, 1.54) is 12.8 Å². The average molecular weight is 250 g/mol. The van der Waals surface area contributed by atoms with E-state index in [1.54, 1.807) is 21.0 Å². The summed E-state index contributed by atoms with van der Waals surface area (Å²) in [6.45, 7) is 3.53. The van der Waals surface area contributed by atoms with E-state index in [-0.39, 0.29) is 0 Å². The monoisotopic (exact) mass is 250 g/mol. The Balaban J connectivity index is 2.20. The van der Waals surface area contributed by atoms with Crippen molar-refractivity contribution >= 4 is 0 Å². The smallest absolute Gasteiger partial charge is 0.161 e. The zero-order chi connectivity index (χ0) is 13.2. The third-order valence-electron chi connectivity index (χ3n) is 3.47. The Kier molecular flexibility index (Phi) is 3.81. The molecule has 0 radical (unpaired) electrons. The first kappa shape index (κ1) is 13.2. The van der Waals surface area contributed by atoms with E-state index in [2.05, 4.69) is 0 Å². The number of rotatable bonds is 4. The number of benzene rings is 1. The molecule has 18 heavy (non-hydrogen) atoms. The van der Waals surface area contributed by atoms with Gasteiger partial charge < -0.3 is 14.6 Å². The fraction of sp³-hybridized carbons (Fsp3) is 0.600. The van der Waals surface area contributed by atoms with Gasteiger partial charge in [0.1, 0.15) is 0 Å². The molecule has 1 aliphatic carbocycles. The molecule has 1 fully saturated rings. The maximum atomic E-state index is 9.99. The highest BCUT2D eigenvalue weighted by atomic mass is 16.5. The quantitative estimate of drug-likeness (QED) is 0.891. The van der Waals surface area contributed by atoms with E-state index in [0.717, 1.165) is 24.2 Å². The van der Waals surface area contributed by atoms with E-state index in [1.807, 2.05) is 18.2 Å². The van der Waals surface area contributed by atoms with Crippen LogP contribution in [0.3, 0.4) is 0 Å². The molecule has 0 amide bonds. The second-order valence-electron chi connectivity index (χ2n) is 5.45. The van der Waals surface area contributed by atoms with Crippen molar-refractivity contribution < 1.29 is 14.6 Å². The molecule has 1 aromatic rings. The zero-order valence-corrected chi connectivity index (χ0v) is 11.4. The van der Waals surface area contributed by atoms with Crippen LogP contribution in [0.1, 0.15) is 45.1 Å². The molecule has 0 spiro atoms. The molecular formula is C15H22O3. The molecular weight excluding hydrogens is 228 g/mol. The lowest BCUT2D eigenvalue weighted by Crippen LogP contribution is -2.16. The first-order chi connectivity index (χ1) is 8.50. The summed E-state index contributed by atoms with van der Waals surface area (Å²) in [6, 6.07) is 5.64. The normalized spacial score (nSPS) is 16.9. The van der Waals surface area contributed by atoms with Gasteiger partial charge in [-0.15, -0.1) is 0 Å². The molecule has 2 rings (SSSR count). The lowest BCUT2D eigenvalue weighted by atomic mass is 9.98. The lowest BCUT2D eigenvalue weighted by Gasteiger charge is -2.21. The second kappa shape index (κ2) is 5.19. The van der Waals surface area contributed by atoms with Crippen molar-refractivity contribution in [2.24, 2.45) is 0 Å². The van der Waals surface area contributed by atoms with Crippen molar-refractivity contribution in [2.75, 3.05) is 7.11 Å². The van der Waals surface area contributed by atoms with E-state index >= 15 is 0 Å². The summed E-state index contributed by atoms with van der Waals surface area (Å²) < 4.78 is 11.3. The second-order valence-corrected chi connectivity index (χ2v) is 5.45. The minimum atomic E-state index is -0.862. The molecule has 0 heterocycles. The molecule has 100 valence electrons. The van der Waals surface area contributed by atoms with Crippen molar-refractivity contribution in [3.63, 3.8) is 0 Å². The molecule has 0 aliphatic heterocycles. The van der Waals surface area contributed by atoms with Crippen LogP contribution in [-0.4, -0.2) is 18.3 Å². The summed E-state index contributed by atoms with van der Waals surface area (Å²) in [7, 11) is 1.63. The van der Waals surface area contributed by atoms with Crippen LogP contribution in [0.2, 0.25) is 0 Å². The van der Waals surface area contributed by atoms with Crippen molar-refractivity contribution in [3.05, 3.63) is 23.8 Å². The Hall–Kier alpha value is -1.22. The van der Waals surface area contributed by atoms with Crippen LogP contribution < -0.4 is 9.47 Å². The van der Waals surface area contributed by atoms with Gasteiger partial charge in [-0.2, -0.15) is 0 Å². The van der Waals surface area contributed by atoms with E-state index in [9.17, 15) is 5.11 Å². The van der Waals surface area contributed by atoms with E-state index in [4.69, 9.17) is 9.47 Å². The topological polar surface area (TPSA) is 38.7 Å². The number of ether oxygens (including phenoxy) is 2. The molecule has 3 heteroatoms. The fourth-order valence-corrected chi connectivity index (χ4v) is 2.33. The zero-order valence-electron chi connectivity index (χ0n) is 11.4. The largest absolute Gasteiger partial charge is 0.493 e. The van der Waals surface area contributed by atoms with Crippen molar-refractivity contribution in [1.82, 2.24) is 0 Å². The summed E-state index contributed by atoms with van der Waals surface area (Å²) in [4.78, 5) is 0. The molecule has 0 bridgehead atoms. The number of aliphatic hydroxyl groups is 1. The SMILES string of the molecule is COc1cc(C(C)(C)O)ccc1OC1CCCC1.